The van der Waals surface area contributed by atoms with Crippen LogP contribution >= 0.6 is 0 Å². The van der Waals surface area contributed by atoms with E-state index in [4.69, 9.17) is 10.5 Å². The molecule has 3 N–H and O–H groups in total. The monoisotopic (exact) mass is 263 g/mol. The van der Waals surface area contributed by atoms with Crippen molar-refractivity contribution in [2.75, 3.05) is 13.7 Å². The van der Waals surface area contributed by atoms with Gasteiger partial charge in [-0.1, -0.05) is 31.4 Å². The molecule has 2 rings (SSSR count). The van der Waals surface area contributed by atoms with Crippen LogP contribution < -0.4 is 10.5 Å². The van der Waals surface area contributed by atoms with Gasteiger partial charge in [-0.15, -0.1) is 0 Å². The van der Waals surface area contributed by atoms with Crippen molar-refractivity contribution in [3.05, 3.63) is 29.8 Å². The molecule has 1 fully saturated rings. The number of benzene rings is 1. The Balaban J connectivity index is 2.08. The van der Waals surface area contributed by atoms with E-state index >= 15 is 0 Å². The molecule has 0 heterocycles. The summed E-state index contributed by atoms with van der Waals surface area (Å²) in [6, 6.07) is 7.90. The number of aliphatic hydroxyl groups is 1. The van der Waals surface area contributed by atoms with Gasteiger partial charge in [-0.05, 0) is 36.5 Å². The van der Waals surface area contributed by atoms with E-state index in [0.717, 1.165) is 24.2 Å². The smallest absolute Gasteiger partial charge is 0.118 e. The van der Waals surface area contributed by atoms with Crippen molar-refractivity contribution in [3.8, 4) is 5.75 Å². The third-order valence-electron chi connectivity index (χ3n) is 4.34. The van der Waals surface area contributed by atoms with Crippen LogP contribution in [0, 0.1) is 5.92 Å². The Labute approximate surface area is 115 Å². The van der Waals surface area contributed by atoms with Crippen molar-refractivity contribution in [1.82, 2.24) is 0 Å². The number of nitrogens with two attached hydrogens (primary N) is 1. The lowest BCUT2D eigenvalue weighted by atomic mass is 9.78. The van der Waals surface area contributed by atoms with Crippen molar-refractivity contribution in [1.29, 1.82) is 0 Å². The van der Waals surface area contributed by atoms with Crippen LogP contribution in [0.2, 0.25) is 0 Å². The molecular weight excluding hydrogens is 238 g/mol. The van der Waals surface area contributed by atoms with Gasteiger partial charge in [0, 0.05) is 12.5 Å². The summed E-state index contributed by atoms with van der Waals surface area (Å²) in [6.45, 7) is 0.490. The molecule has 1 aliphatic rings. The molecule has 1 aromatic rings. The quantitative estimate of drug-likeness (QED) is 0.858. The zero-order valence-electron chi connectivity index (χ0n) is 11.7. The van der Waals surface area contributed by atoms with Crippen LogP contribution in [0.3, 0.4) is 0 Å². The van der Waals surface area contributed by atoms with Gasteiger partial charge in [0.1, 0.15) is 5.75 Å². The average Bonchev–Trinajstić information content (AvgIpc) is 2.49. The first kappa shape index (κ1) is 14.4. The molecule has 0 unspecified atom stereocenters. The summed E-state index contributed by atoms with van der Waals surface area (Å²) in [4.78, 5) is 0. The second-order valence-corrected chi connectivity index (χ2v) is 5.50. The predicted octanol–water partition coefficient (Wildman–Crippen LogP) is 2.68. The van der Waals surface area contributed by atoms with E-state index < -0.39 is 0 Å². The first-order valence-electron chi connectivity index (χ1n) is 7.28. The van der Waals surface area contributed by atoms with Crippen molar-refractivity contribution in [2.24, 2.45) is 11.7 Å². The highest BCUT2D eigenvalue weighted by atomic mass is 16.5. The summed E-state index contributed by atoms with van der Waals surface area (Å²) < 4.78 is 5.17. The van der Waals surface area contributed by atoms with Crippen LogP contribution in [0.4, 0.5) is 0 Å². The Kier molecular flexibility index (Phi) is 5.23. The van der Waals surface area contributed by atoms with E-state index in [9.17, 15) is 5.11 Å². The first-order chi connectivity index (χ1) is 9.26. The van der Waals surface area contributed by atoms with E-state index in [-0.39, 0.29) is 12.0 Å². The molecule has 0 saturated heterocycles. The standard InChI is InChI=1S/C16H25NO2/c1-19-14-9-7-12(8-10-14)15(11-17)16(18)13-5-3-2-4-6-13/h7-10,13,15-16,18H,2-6,11,17H2,1H3/t15-,16-/m1/s1. The number of ether oxygens (including phenoxy) is 1. The Hall–Kier alpha value is -1.06. The van der Waals surface area contributed by atoms with Crippen LogP contribution in [0.1, 0.15) is 43.6 Å². The summed E-state index contributed by atoms with van der Waals surface area (Å²) in [5.41, 5.74) is 7.00. The van der Waals surface area contributed by atoms with Crippen LogP contribution in [-0.2, 0) is 0 Å². The van der Waals surface area contributed by atoms with Gasteiger partial charge in [-0.2, -0.15) is 0 Å². The Morgan fingerprint density at radius 3 is 2.37 bits per heavy atom. The fraction of sp³-hybridized carbons (Fsp3) is 0.625. The van der Waals surface area contributed by atoms with E-state index in [1.807, 2.05) is 24.3 Å². The van der Waals surface area contributed by atoms with Crippen LogP contribution in [0.25, 0.3) is 0 Å². The van der Waals surface area contributed by atoms with E-state index in [1.54, 1.807) is 7.11 Å². The van der Waals surface area contributed by atoms with Crippen LogP contribution in [-0.4, -0.2) is 24.9 Å². The molecule has 0 bridgehead atoms. The number of aliphatic hydroxyl groups excluding tert-OH is 1. The second kappa shape index (κ2) is 6.92. The molecule has 1 aromatic carbocycles. The molecule has 106 valence electrons. The van der Waals surface area contributed by atoms with E-state index in [0.29, 0.717) is 12.5 Å². The number of methoxy groups -OCH3 is 1. The lowest BCUT2D eigenvalue weighted by molar-refractivity contribution is 0.0624. The van der Waals surface area contributed by atoms with E-state index in [2.05, 4.69) is 0 Å². The molecule has 3 nitrogen and oxygen atoms in total. The number of hydrogen-bond donors (Lipinski definition) is 2. The minimum atomic E-state index is -0.321. The van der Waals surface area contributed by atoms with Gasteiger partial charge in [-0.3, -0.25) is 0 Å². The van der Waals surface area contributed by atoms with Crippen molar-refractivity contribution in [3.63, 3.8) is 0 Å². The van der Waals surface area contributed by atoms with Gasteiger partial charge in [0.05, 0.1) is 13.2 Å². The zero-order chi connectivity index (χ0) is 13.7. The SMILES string of the molecule is COc1ccc([C@@H](CN)[C@H](O)C2CCCCC2)cc1. The average molecular weight is 263 g/mol. The van der Waals surface area contributed by atoms with Gasteiger partial charge in [0.15, 0.2) is 0 Å². The molecule has 0 amide bonds. The van der Waals surface area contributed by atoms with Crippen molar-refractivity contribution < 1.29 is 9.84 Å². The minimum Gasteiger partial charge on any atom is -0.497 e. The van der Waals surface area contributed by atoms with Crippen LogP contribution in [0.5, 0.6) is 5.75 Å². The van der Waals surface area contributed by atoms with Gasteiger partial charge in [0.25, 0.3) is 0 Å². The Morgan fingerprint density at radius 1 is 1.21 bits per heavy atom. The lowest BCUT2D eigenvalue weighted by Gasteiger charge is -2.32. The minimum absolute atomic E-state index is 0.0361. The molecule has 0 aliphatic heterocycles. The van der Waals surface area contributed by atoms with Crippen molar-refractivity contribution in [2.45, 2.75) is 44.1 Å². The zero-order valence-corrected chi connectivity index (χ0v) is 11.7. The maximum absolute atomic E-state index is 10.6. The number of hydrogen-bond acceptors (Lipinski definition) is 3. The highest BCUT2D eigenvalue weighted by molar-refractivity contribution is 5.30. The fourth-order valence-corrected chi connectivity index (χ4v) is 3.13. The normalized spacial score (nSPS) is 19.9. The predicted molar refractivity (Wildman–Crippen MR) is 77.4 cm³/mol. The molecule has 0 aromatic heterocycles. The van der Waals surface area contributed by atoms with E-state index in [1.165, 1.54) is 19.3 Å². The summed E-state index contributed by atoms with van der Waals surface area (Å²) >= 11 is 0. The Morgan fingerprint density at radius 2 is 1.84 bits per heavy atom. The third kappa shape index (κ3) is 3.48. The second-order valence-electron chi connectivity index (χ2n) is 5.50. The molecule has 1 saturated carbocycles. The molecular formula is C16H25NO2. The van der Waals surface area contributed by atoms with Gasteiger partial charge in [0.2, 0.25) is 0 Å². The topological polar surface area (TPSA) is 55.5 Å². The van der Waals surface area contributed by atoms with Crippen LogP contribution in [0.15, 0.2) is 24.3 Å². The maximum atomic E-state index is 10.6. The maximum Gasteiger partial charge on any atom is 0.118 e. The Bertz CT molecular complexity index is 371. The highest BCUT2D eigenvalue weighted by Crippen LogP contribution is 2.33. The molecule has 2 atom stereocenters. The van der Waals surface area contributed by atoms with Crippen molar-refractivity contribution >= 4 is 0 Å². The summed E-state index contributed by atoms with van der Waals surface area (Å²) in [7, 11) is 1.66. The molecule has 3 heteroatoms. The number of rotatable bonds is 5. The highest BCUT2D eigenvalue weighted by Gasteiger charge is 2.29. The summed E-state index contributed by atoms with van der Waals surface area (Å²) in [5.74, 6) is 1.28. The third-order valence-corrected chi connectivity index (χ3v) is 4.34. The summed E-state index contributed by atoms with van der Waals surface area (Å²) in [6.07, 6.45) is 5.72. The van der Waals surface area contributed by atoms with Gasteiger partial charge < -0.3 is 15.6 Å². The molecule has 1 aliphatic carbocycles. The first-order valence-corrected chi connectivity index (χ1v) is 7.28. The molecule has 0 spiro atoms. The lowest BCUT2D eigenvalue weighted by Crippen LogP contribution is -2.33. The molecule has 19 heavy (non-hydrogen) atoms. The largest absolute Gasteiger partial charge is 0.497 e. The van der Waals surface area contributed by atoms with Gasteiger partial charge >= 0.3 is 0 Å². The fourth-order valence-electron chi connectivity index (χ4n) is 3.13. The summed E-state index contributed by atoms with van der Waals surface area (Å²) in [5, 5.41) is 10.6. The van der Waals surface area contributed by atoms with Gasteiger partial charge in [-0.25, -0.2) is 0 Å². The molecule has 0 radical (unpaired) electrons.